The van der Waals surface area contributed by atoms with Crippen LogP contribution in [0.15, 0.2) is 6.07 Å². The summed E-state index contributed by atoms with van der Waals surface area (Å²) in [7, 11) is 0. The van der Waals surface area contributed by atoms with Gasteiger partial charge in [0.2, 0.25) is 0 Å². The van der Waals surface area contributed by atoms with Crippen LogP contribution in [0, 0.1) is 11.8 Å². The summed E-state index contributed by atoms with van der Waals surface area (Å²) in [5.74, 6) is 1.44. The quantitative estimate of drug-likeness (QED) is 0.931. The van der Waals surface area contributed by atoms with Crippen molar-refractivity contribution in [2.24, 2.45) is 11.8 Å². The van der Waals surface area contributed by atoms with Gasteiger partial charge in [0.05, 0.1) is 4.88 Å². The van der Waals surface area contributed by atoms with Crippen molar-refractivity contribution in [2.45, 2.75) is 39.0 Å². The molecule has 110 valence electrons. The maximum Gasteiger partial charge on any atom is 0.263 e. The Kier molecular flexibility index (Phi) is 4.13. The first-order valence-electron chi connectivity index (χ1n) is 7.69. The second kappa shape index (κ2) is 5.86. The normalized spacial score (nSPS) is 25.8. The number of thiophene rings is 1. The van der Waals surface area contributed by atoms with Gasteiger partial charge in [-0.2, -0.15) is 0 Å². The number of aliphatic hydroxyl groups excluding tert-OH is 1. The van der Waals surface area contributed by atoms with E-state index in [9.17, 15) is 4.79 Å². The van der Waals surface area contributed by atoms with Crippen LogP contribution in [-0.2, 0) is 12.8 Å². The Morgan fingerprint density at radius 1 is 1.50 bits per heavy atom. The maximum atomic E-state index is 12.6. The summed E-state index contributed by atoms with van der Waals surface area (Å²) in [4.78, 5) is 16.9. The first-order valence-corrected chi connectivity index (χ1v) is 8.50. The lowest BCUT2D eigenvalue weighted by Crippen LogP contribution is -2.28. The molecular weight excluding hydrogens is 270 g/mol. The van der Waals surface area contributed by atoms with Crippen molar-refractivity contribution in [3.63, 3.8) is 0 Å². The van der Waals surface area contributed by atoms with E-state index in [0.717, 1.165) is 49.6 Å². The molecule has 0 bridgehead atoms. The van der Waals surface area contributed by atoms with Crippen LogP contribution in [0.3, 0.4) is 0 Å². The van der Waals surface area contributed by atoms with E-state index in [1.54, 1.807) is 11.3 Å². The molecule has 0 aromatic carbocycles. The zero-order valence-electron chi connectivity index (χ0n) is 12.1. The zero-order valence-corrected chi connectivity index (χ0v) is 12.9. The van der Waals surface area contributed by atoms with Gasteiger partial charge in [-0.1, -0.05) is 6.92 Å². The summed E-state index contributed by atoms with van der Waals surface area (Å²) in [6.45, 7) is 4.20. The molecule has 2 aliphatic rings. The smallest absolute Gasteiger partial charge is 0.263 e. The van der Waals surface area contributed by atoms with Gasteiger partial charge in [0.15, 0.2) is 0 Å². The van der Waals surface area contributed by atoms with Gasteiger partial charge in [-0.15, -0.1) is 11.3 Å². The molecule has 3 rings (SSSR count). The summed E-state index contributed by atoms with van der Waals surface area (Å²) in [6, 6.07) is 2.14. The topological polar surface area (TPSA) is 40.5 Å². The molecular formula is C16H23NO2S. The van der Waals surface area contributed by atoms with Gasteiger partial charge in [-0.25, -0.2) is 0 Å². The number of rotatable bonds is 3. The molecule has 20 heavy (non-hydrogen) atoms. The number of aryl methyl sites for hydroxylation is 1. The number of amides is 1. The van der Waals surface area contributed by atoms with Crippen molar-refractivity contribution in [2.75, 3.05) is 19.7 Å². The Morgan fingerprint density at radius 3 is 3.15 bits per heavy atom. The number of hydrogen-bond donors (Lipinski definition) is 1. The van der Waals surface area contributed by atoms with E-state index >= 15 is 0 Å². The number of aliphatic hydroxyl groups is 1. The second-order valence-corrected chi connectivity index (χ2v) is 7.46. The van der Waals surface area contributed by atoms with E-state index in [0.29, 0.717) is 5.92 Å². The Balaban J connectivity index is 1.69. The fourth-order valence-corrected chi connectivity index (χ4v) is 4.58. The molecule has 1 aromatic heterocycles. The number of fused-ring (bicyclic) bond motifs is 1. The Morgan fingerprint density at radius 2 is 2.35 bits per heavy atom. The molecule has 1 aromatic rings. The molecule has 2 unspecified atom stereocenters. The predicted octanol–water partition coefficient (Wildman–Crippen LogP) is 2.72. The highest BCUT2D eigenvalue weighted by atomic mass is 32.1. The molecule has 1 fully saturated rings. The molecule has 1 aliphatic carbocycles. The highest BCUT2D eigenvalue weighted by Gasteiger charge is 2.28. The summed E-state index contributed by atoms with van der Waals surface area (Å²) < 4.78 is 0. The van der Waals surface area contributed by atoms with Gasteiger partial charge in [-0.05, 0) is 55.6 Å². The molecule has 0 spiro atoms. The lowest BCUT2D eigenvalue weighted by molar-refractivity contribution is 0.0789. The van der Waals surface area contributed by atoms with Crippen LogP contribution in [0.1, 0.15) is 46.3 Å². The molecule has 3 nitrogen and oxygen atoms in total. The third kappa shape index (κ3) is 2.77. The minimum Gasteiger partial charge on any atom is -0.396 e. The first-order chi connectivity index (χ1) is 9.67. The number of likely N-dealkylation sites (tertiary alicyclic amines) is 1. The summed E-state index contributed by atoms with van der Waals surface area (Å²) in [5, 5.41) is 9.00. The molecule has 2 heterocycles. The highest BCUT2D eigenvalue weighted by molar-refractivity contribution is 7.14. The van der Waals surface area contributed by atoms with E-state index < -0.39 is 0 Å². The Labute approximate surface area is 124 Å². The molecule has 1 amide bonds. The fraction of sp³-hybridized carbons (Fsp3) is 0.688. The molecule has 1 saturated heterocycles. The van der Waals surface area contributed by atoms with Gasteiger partial charge >= 0.3 is 0 Å². The minimum absolute atomic E-state index is 0.206. The van der Waals surface area contributed by atoms with Gasteiger partial charge in [0.1, 0.15) is 0 Å². The summed E-state index contributed by atoms with van der Waals surface area (Å²) >= 11 is 1.71. The predicted molar refractivity (Wildman–Crippen MR) is 81.2 cm³/mol. The zero-order chi connectivity index (χ0) is 14.1. The number of hydrogen-bond acceptors (Lipinski definition) is 3. The SMILES string of the molecule is CC1CCc2sc(C(=O)N3CCC(CCO)C3)cc2C1. The van der Waals surface area contributed by atoms with E-state index in [1.807, 2.05) is 4.90 Å². The largest absolute Gasteiger partial charge is 0.396 e. The van der Waals surface area contributed by atoms with Crippen molar-refractivity contribution in [1.29, 1.82) is 0 Å². The lowest BCUT2D eigenvalue weighted by atomic mass is 9.90. The van der Waals surface area contributed by atoms with Gasteiger partial charge < -0.3 is 10.0 Å². The monoisotopic (exact) mass is 293 g/mol. The van der Waals surface area contributed by atoms with Crippen LogP contribution in [-0.4, -0.2) is 35.6 Å². The van der Waals surface area contributed by atoms with Crippen molar-refractivity contribution < 1.29 is 9.90 Å². The first kappa shape index (κ1) is 14.1. The third-order valence-electron chi connectivity index (χ3n) is 4.65. The van der Waals surface area contributed by atoms with Crippen molar-refractivity contribution in [3.8, 4) is 0 Å². The standard InChI is InChI=1S/C16H23NO2S/c1-11-2-3-14-13(8-11)9-15(20-14)16(19)17-6-4-12(10-17)5-7-18/h9,11-12,18H,2-8,10H2,1H3. The molecule has 0 radical (unpaired) electrons. The van der Waals surface area contributed by atoms with Crippen molar-refractivity contribution >= 4 is 17.2 Å². The lowest BCUT2D eigenvalue weighted by Gasteiger charge is -2.16. The van der Waals surface area contributed by atoms with Crippen molar-refractivity contribution in [1.82, 2.24) is 4.90 Å². The van der Waals surface area contributed by atoms with Gasteiger partial charge in [-0.3, -0.25) is 4.79 Å². The van der Waals surface area contributed by atoms with E-state index in [2.05, 4.69) is 13.0 Å². The second-order valence-electron chi connectivity index (χ2n) is 6.33. The van der Waals surface area contributed by atoms with Gasteiger partial charge in [0.25, 0.3) is 5.91 Å². The number of nitrogens with zero attached hydrogens (tertiary/aromatic N) is 1. The van der Waals surface area contributed by atoms with Gasteiger partial charge in [0, 0.05) is 24.6 Å². The highest BCUT2D eigenvalue weighted by Crippen LogP contribution is 2.33. The van der Waals surface area contributed by atoms with Crippen molar-refractivity contribution in [3.05, 3.63) is 21.4 Å². The molecule has 2 atom stereocenters. The van der Waals surface area contributed by atoms with Crippen LogP contribution in [0.25, 0.3) is 0 Å². The Bertz CT molecular complexity index is 497. The molecule has 1 N–H and O–H groups in total. The average molecular weight is 293 g/mol. The van der Waals surface area contributed by atoms with Crippen LogP contribution in [0.5, 0.6) is 0 Å². The van der Waals surface area contributed by atoms with Crippen LogP contribution in [0.2, 0.25) is 0 Å². The van der Waals surface area contributed by atoms with Crippen LogP contribution >= 0.6 is 11.3 Å². The summed E-state index contributed by atoms with van der Waals surface area (Å²) in [5.41, 5.74) is 1.41. The Hall–Kier alpha value is -0.870. The van der Waals surface area contributed by atoms with Crippen LogP contribution < -0.4 is 0 Å². The molecule has 1 aliphatic heterocycles. The average Bonchev–Trinajstić information content (AvgIpc) is 3.04. The van der Waals surface area contributed by atoms with E-state index in [-0.39, 0.29) is 12.5 Å². The third-order valence-corrected chi connectivity index (χ3v) is 5.88. The van der Waals surface area contributed by atoms with E-state index in [4.69, 9.17) is 5.11 Å². The fourth-order valence-electron chi connectivity index (χ4n) is 3.40. The minimum atomic E-state index is 0.206. The summed E-state index contributed by atoms with van der Waals surface area (Å²) in [6.07, 6.45) is 5.38. The number of carbonyl (C=O) groups excluding carboxylic acids is 1. The van der Waals surface area contributed by atoms with Crippen LogP contribution in [0.4, 0.5) is 0 Å². The van der Waals surface area contributed by atoms with E-state index in [1.165, 1.54) is 16.9 Å². The maximum absolute atomic E-state index is 12.6. The molecule has 0 saturated carbocycles. The molecule has 4 heteroatoms. The number of carbonyl (C=O) groups is 1.